The average molecular weight is 535 g/mol. The summed E-state index contributed by atoms with van der Waals surface area (Å²) in [5.41, 5.74) is 0.344. The molecule has 188 valence electrons. The number of carbonyl (C=O) groups excluding carboxylic acids is 1. The lowest BCUT2D eigenvalue weighted by Gasteiger charge is -2.11. The summed E-state index contributed by atoms with van der Waals surface area (Å²) in [6.45, 7) is 0.557. The predicted molar refractivity (Wildman–Crippen MR) is 129 cm³/mol. The SMILES string of the molecule is C.C.COCOc1cccc(OCOC)c1Br.COCOc1cccc(OCOC)c1C=O. The van der Waals surface area contributed by atoms with Crippen molar-refractivity contribution in [3.05, 3.63) is 46.4 Å². The zero-order valence-corrected chi connectivity index (χ0v) is 19.5. The largest absolute Gasteiger partial charge is 0.467 e. The van der Waals surface area contributed by atoms with Crippen LogP contribution in [0.4, 0.5) is 0 Å². The van der Waals surface area contributed by atoms with Gasteiger partial charge in [0, 0.05) is 28.4 Å². The van der Waals surface area contributed by atoms with E-state index in [4.69, 9.17) is 37.9 Å². The topological polar surface area (TPSA) is 90.9 Å². The monoisotopic (exact) mass is 534 g/mol. The van der Waals surface area contributed by atoms with Crippen molar-refractivity contribution in [2.45, 2.75) is 14.9 Å². The molecule has 2 aromatic carbocycles. The molecule has 0 saturated heterocycles. The molecule has 0 aliphatic rings. The summed E-state index contributed by atoms with van der Waals surface area (Å²) in [6.07, 6.45) is 0.677. The zero-order chi connectivity index (χ0) is 22.9. The van der Waals surface area contributed by atoms with E-state index in [9.17, 15) is 4.79 Å². The molecule has 0 N–H and O–H groups in total. The molecule has 0 atom stereocenters. The van der Waals surface area contributed by atoms with Gasteiger partial charge in [0.1, 0.15) is 27.5 Å². The molecule has 0 heterocycles. The molecule has 10 heteroatoms. The second-order valence-corrected chi connectivity index (χ2v) is 6.35. The van der Waals surface area contributed by atoms with Crippen LogP contribution in [0.3, 0.4) is 0 Å². The summed E-state index contributed by atoms with van der Waals surface area (Å²) >= 11 is 3.38. The molecule has 0 saturated carbocycles. The Hall–Kier alpha value is -2.37. The number of ether oxygens (including phenoxy) is 8. The molecule has 0 bridgehead atoms. The molecule has 0 aliphatic carbocycles. The first-order chi connectivity index (χ1) is 15.1. The molecule has 2 aromatic rings. The van der Waals surface area contributed by atoms with E-state index < -0.39 is 0 Å². The van der Waals surface area contributed by atoms with E-state index >= 15 is 0 Å². The van der Waals surface area contributed by atoms with Gasteiger partial charge in [0.2, 0.25) is 0 Å². The Bertz CT molecular complexity index is 719. The second kappa shape index (κ2) is 20.3. The number of aldehydes is 1. The summed E-state index contributed by atoms with van der Waals surface area (Å²) < 4.78 is 41.0. The van der Waals surface area contributed by atoms with Gasteiger partial charge in [0.15, 0.2) is 33.5 Å². The first kappa shape index (κ1) is 32.8. The lowest BCUT2D eigenvalue weighted by Crippen LogP contribution is -2.05. The molecule has 0 aromatic heterocycles. The second-order valence-electron chi connectivity index (χ2n) is 5.56. The van der Waals surface area contributed by atoms with E-state index in [1.165, 1.54) is 14.2 Å². The standard InChI is InChI=1S/C11H14O5.C10H13BrO4.2CH4/c1-13-7-15-10-4-3-5-11(9(10)6-12)16-8-14-2;1-12-6-14-8-4-3-5-9(10(8)11)15-7-13-2;;/h3-6H,7-8H2,1-2H3;3-5H,6-7H2,1-2H3;2*1H4. The van der Waals surface area contributed by atoms with Crippen LogP contribution in [0.1, 0.15) is 25.2 Å². The van der Waals surface area contributed by atoms with Crippen molar-refractivity contribution >= 4 is 22.2 Å². The minimum absolute atomic E-state index is 0. The Morgan fingerprint density at radius 3 is 1.24 bits per heavy atom. The summed E-state index contributed by atoms with van der Waals surface area (Å²) in [7, 11) is 6.15. The maximum absolute atomic E-state index is 10.9. The molecule has 33 heavy (non-hydrogen) atoms. The molecule has 2 rings (SSSR count). The van der Waals surface area contributed by atoms with Crippen LogP contribution < -0.4 is 18.9 Å². The fourth-order valence-corrected chi connectivity index (χ4v) is 2.59. The lowest BCUT2D eigenvalue weighted by molar-refractivity contribution is 0.0446. The summed E-state index contributed by atoms with van der Waals surface area (Å²) in [4.78, 5) is 10.9. The van der Waals surface area contributed by atoms with Gasteiger partial charge in [-0.1, -0.05) is 27.0 Å². The lowest BCUT2D eigenvalue weighted by atomic mass is 10.2. The van der Waals surface area contributed by atoms with Crippen LogP contribution in [-0.4, -0.2) is 61.9 Å². The van der Waals surface area contributed by atoms with Crippen molar-refractivity contribution in [2.75, 3.05) is 55.6 Å². The van der Waals surface area contributed by atoms with Crippen molar-refractivity contribution in [2.24, 2.45) is 0 Å². The van der Waals surface area contributed by atoms with Crippen molar-refractivity contribution < 1.29 is 42.7 Å². The molecular weight excluding hydrogens is 500 g/mol. The number of carbonyl (C=O) groups is 1. The van der Waals surface area contributed by atoms with Crippen LogP contribution >= 0.6 is 15.9 Å². The van der Waals surface area contributed by atoms with Gasteiger partial charge in [-0.3, -0.25) is 4.79 Å². The van der Waals surface area contributed by atoms with Crippen LogP contribution in [0.5, 0.6) is 23.0 Å². The van der Waals surface area contributed by atoms with Crippen LogP contribution in [0.2, 0.25) is 0 Å². The van der Waals surface area contributed by atoms with Crippen LogP contribution in [0.25, 0.3) is 0 Å². The normalized spacial score (nSPS) is 9.36. The summed E-state index contributed by atoms with van der Waals surface area (Å²) in [6, 6.07) is 10.5. The maximum atomic E-state index is 10.9. The van der Waals surface area contributed by atoms with Crippen molar-refractivity contribution in [1.82, 2.24) is 0 Å². The Kier molecular flexibility index (Phi) is 20.1. The summed E-state index contributed by atoms with van der Waals surface area (Å²) in [5, 5.41) is 0. The van der Waals surface area contributed by atoms with Gasteiger partial charge in [-0.15, -0.1) is 0 Å². The van der Waals surface area contributed by atoms with Gasteiger partial charge >= 0.3 is 0 Å². The maximum Gasteiger partial charge on any atom is 0.188 e. The van der Waals surface area contributed by atoms with E-state index in [1.807, 2.05) is 18.2 Å². The van der Waals surface area contributed by atoms with E-state index in [0.29, 0.717) is 34.8 Å². The molecule has 0 aliphatic heterocycles. The van der Waals surface area contributed by atoms with Gasteiger partial charge < -0.3 is 37.9 Å². The zero-order valence-electron chi connectivity index (χ0n) is 17.9. The first-order valence-corrected chi connectivity index (χ1v) is 9.75. The van der Waals surface area contributed by atoms with Crippen molar-refractivity contribution in [1.29, 1.82) is 0 Å². The third-order valence-electron chi connectivity index (χ3n) is 3.40. The number of rotatable bonds is 13. The molecule has 9 nitrogen and oxygen atoms in total. The fourth-order valence-electron chi connectivity index (χ4n) is 2.10. The highest BCUT2D eigenvalue weighted by Gasteiger charge is 2.10. The quantitative estimate of drug-likeness (QED) is 0.255. The molecule has 0 spiro atoms. The van der Waals surface area contributed by atoms with Crippen molar-refractivity contribution in [3.8, 4) is 23.0 Å². The Morgan fingerprint density at radius 2 is 0.939 bits per heavy atom. The third kappa shape index (κ3) is 11.9. The molecule has 0 unspecified atom stereocenters. The van der Waals surface area contributed by atoms with Crippen molar-refractivity contribution in [3.63, 3.8) is 0 Å². The van der Waals surface area contributed by atoms with Gasteiger partial charge in [-0.05, 0) is 40.2 Å². The third-order valence-corrected chi connectivity index (χ3v) is 4.18. The first-order valence-electron chi connectivity index (χ1n) is 8.96. The van der Waals surface area contributed by atoms with Gasteiger partial charge in [-0.25, -0.2) is 0 Å². The number of hydrogen-bond donors (Lipinski definition) is 0. The summed E-state index contributed by atoms with van der Waals surface area (Å²) in [5.74, 6) is 2.19. The molecule has 0 fully saturated rings. The number of halogens is 1. The highest BCUT2D eigenvalue weighted by Crippen LogP contribution is 2.34. The highest BCUT2D eigenvalue weighted by atomic mass is 79.9. The Balaban J connectivity index is 0. The Labute approximate surface area is 204 Å². The number of methoxy groups -OCH3 is 4. The fraction of sp³-hybridized carbons (Fsp3) is 0.435. The smallest absolute Gasteiger partial charge is 0.188 e. The van der Waals surface area contributed by atoms with E-state index in [-0.39, 0.29) is 42.0 Å². The Morgan fingerprint density at radius 1 is 0.636 bits per heavy atom. The number of benzene rings is 2. The van der Waals surface area contributed by atoms with Gasteiger partial charge in [0.05, 0.1) is 5.56 Å². The van der Waals surface area contributed by atoms with E-state index in [1.54, 1.807) is 32.4 Å². The molecule has 0 radical (unpaired) electrons. The van der Waals surface area contributed by atoms with E-state index in [0.717, 1.165) is 4.47 Å². The average Bonchev–Trinajstić information content (AvgIpc) is 2.80. The molecular formula is C23H35BrO9. The van der Waals surface area contributed by atoms with Gasteiger partial charge in [-0.2, -0.15) is 0 Å². The van der Waals surface area contributed by atoms with Crippen LogP contribution in [0, 0.1) is 0 Å². The highest BCUT2D eigenvalue weighted by molar-refractivity contribution is 9.10. The molecule has 0 amide bonds. The van der Waals surface area contributed by atoms with Crippen LogP contribution in [-0.2, 0) is 18.9 Å². The predicted octanol–water partition coefficient (Wildman–Crippen LogP) is 5.15. The minimum Gasteiger partial charge on any atom is -0.467 e. The van der Waals surface area contributed by atoms with Crippen LogP contribution in [0.15, 0.2) is 40.9 Å². The van der Waals surface area contributed by atoms with Gasteiger partial charge in [0.25, 0.3) is 0 Å². The minimum atomic E-state index is 0. The van der Waals surface area contributed by atoms with E-state index in [2.05, 4.69) is 15.9 Å². The number of hydrogen-bond acceptors (Lipinski definition) is 9.